The highest BCUT2D eigenvalue weighted by Crippen LogP contribution is 2.60. The minimum atomic E-state index is 0. The van der Waals surface area contributed by atoms with Crippen molar-refractivity contribution in [2.75, 3.05) is 13.1 Å². The van der Waals surface area contributed by atoms with Gasteiger partial charge in [0.25, 0.3) is 0 Å². The Balaban J connectivity index is 0.00000110. The molecule has 1 heterocycles. The summed E-state index contributed by atoms with van der Waals surface area (Å²) in [4.78, 5) is 15.0. The van der Waals surface area contributed by atoms with E-state index in [0.717, 1.165) is 37.3 Å². The van der Waals surface area contributed by atoms with E-state index in [4.69, 9.17) is 5.73 Å². The van der Waals surface area contributed by atoms with Crippen molar-refractivity contribution in [3.63, 3.8) is 0 Å². The lowest BCUT2D eigenvalue weighted by Crippen LogP contribution is -2.54. The maximum atomic E-state index is 12.9. The predicted octanol–water partition coefficient (Wildman–Crippen LogP) is 2.18. The molecule has 0 unspecified atom stereocenters. The molecule has 5 fully saturated rings. The van der Waals surface area contributed by atoms with Crippen molar-refractivity contribution in [2.45, 2.75) is 51.0 Å². The van der Waals surface area contributed by atoms with E-state index in [0.29, 0.717) is 5.91 Å². The van der Waals surface area contributed by atoms with Gasteiger partial charge in [0.2, 0.25) is 5.91 Å². The number of rotatable bonds is 1. The molecule has 0 spiro atoms. The zero-order valence-electron chi connectivity index (χ0n) is 11.5. The molecule has 108 valence electrons. The third kappa shape index (κ3) is 2.09. The van der Waals surface area contributed by atoms with Crippen molar-refractivity contribution in [3.05, 3.63) is 0 Å². The van der Waals surface area contributed by atoms with Crippen molar-refractivity contribution >= 4 is 18.3 Å². The zero-order chi connectivity index (χ0) is 12.3. The lowest BCUT2D eigenvalue weighted by atomic mass is 9.49. The zero-order valence-corrected chi connectivity index (χ0v) is 12.3. The Morgan fingerprint density at radius 3 is 2.00 bits per heavy atom. The van der Waals surface area contributed by atoms with Gasteiger partial charge in [0.05, 0.1) is 5.41 Å². The molecule has 1 saturated heterocycles. The predicted molar refractivity (Wildman–Crippen MR) is 77.0 cm³/mol. The largest absolute Gasteiger partial charge is 0.341 e. The molecule has 0 radical (unpaired) electrons. The summed E-state index contributed by atoms with van der Waals surface area (Å²) in [5.41, 5.74) is 6.00. The fourth-order valence-electron chi connectivity index (χ4n) is 5.68. The third-order valence-corrected chi connectivity index (χ3v) is 6.00. The lowest BCUT2D eigenvalue weighted by Gasteiger charge is -2.56. The first-order valence-corrected chi connectivity index (χ1v) is 7.69. The van der Waals surface area contributed by atoms with Gasteiger partial charge in [0.1, 0.15) is 0 Å². The molecule has 1 atom stereocenters. The maximum absolute atomic E-state index is 12.9. The van der Waals surface area contributed by atoms with Gasteiger partial charge in [0, 0.05) is 19.1 Å². The average Bonchev–Trinajstić information content (AvgIpc) is 2.73. The first-order valence-electron chi connectivity index (χ1n) is 7.69. The number of likely N-dealkylation sites (tertiary alicyclic amines) is 1. The first kappa shape index (κ1) is 13.7. The van der Waals surface area contributed by atoms with Crippen LogP contribution in [0.25, 0.3) is 0 Å². The smallest absolute Gasteiger partial charge is 0.228 e. The minimum Gasteiger partial charge on any atom is -0.341 e. The second-order valence-corrected chi connectivity index (χ2v) is 7.50. The highest BCUT2D eigenvalue weighted by molar-refractivity contribution is 5.85. The Morgan fingerprint density at radius 2 is 1.58 bits per heavy atom. The molecular formula is C15H25ClN2O. The first-order chi connectivity index (χ1) is 8.64. The second-order valence-electron chi connectivity index (χ2n) is 7.50. The molecule has 5 rings (SSSR count). The van der Waals surface area contributed by atoms with E-state index in [1.807, 2.05) is 0 Å². The maximum Gasteiger partial charge on any atom is 0.228 e. The minimum absolute atomic E-state index is 0. The monoisotopic (exact) mass is 284 g/mol. The van der Waals surface area contributed by atoms with Crippen molar-refractivity contribution < 1.29 is 4.79 Å². The van der Waals surface area contributed by atoms with Crippen LogP contribution in [0.1, 0.15) is 44.9 Å². The Hall–Kier alpha value is -0.280. The molecule has 1 amide bonds. The molecule has 2 N–H and O–H groups in total. The van der Waals surface area contributed by atoms with E-state index in [-0.39, 0.29) is 23.9 Å². The third-order valence-electron chi connectivity index (χ3n) is 6.00. The van der Waals surface area contributed by atoms with E-state index >= 15 is 0 Å². The van der Waals surface area contributed by atoms with E-state index in [9.17, 15) is 4.79 Å². The SMILES string of the molecule is Cl.N[C@H]1CCN(C(=O)C23CC4CC(CC(C4)C2)C3)C1. The summed E-state index contributed by atoms with van der Waals surface area (Å²) in [6.45, 7) is 1.71. The quantitative estimate of drug-likeness (QED) is 0.802. The summed E-state index contributed by atoms with van der Waals surface area (Å²) >= 11 is 0. The molecule has 5 aliphatic rings. The van der Waals surface area contributed by atoms with Crippen LogP contribution in [0, 0.1) is 23.2 Å². The average molecular weight is 285 g/mol. The van der Waals surface area contributed by atoms with Gasteiger partial charge in [-0.05, 0) is 62.7 Å². The van der Waals surface area contributed by atoms with Crippen LogP contribution in [-0.4, -0.2) is 29.9 Å². The molecular weight excluding hydrogens is 260 g/mol. The highest BCUT2D eigenvalue weighted by Gasteiger charge is 2.55. The summed E-state index contributed by atoms with van der Waals surface area (Å²) in [7, 11) is 0. The van der Waals surface area contributed by atoms with Crippen molar-refractivity contribution in [2.24, 2.45) is 28.9 Å². The van der Waals surface area contributed by atoms with Gasteiger partial charge in [-0.15, -0.1) is 12.4 Å². The van der Waals surface area contributed by atoms with E-state index in [1.54, 1.807) is 0 Å². The number of amides is 1. The topological polar surface area (TPSA) is 46.3 Å². The van der Waals surface area contributed by atoms with Crippen LogP contribution >= 0.6 is 12.4 Å². The Morgan fingerprint density at radius 1 is 1.05 bits per heavy atom. The summed E-state index contributed by atoms with van der Waals surface area (Å²) in [6, 6.07) is 0.225. The van der Waals surface area contributed by atoms with Crippen molar-refractivity contribution in [1.29, 1.82) is 0 Å². The number of hydrogen-bond acceptors (Lipinski definition) is 2. The molecule has 1 aliphatic heterocycles. The van der Waals surface area contributed by atoms with Crippen LogP contribution in [0.3, 0.4) is 0 Å². The Bertz CT molecular complexity index is 349. The van der Waals surface area contributed by atoms with Gasteiger partial charge in [0.15, 0.2) is 0 Å². The summed E-state index contributed by atoms with van der Waals surface area (Å²) < 4.78 is 0. The highest BCUT2D eigenvalue weighted by atomic mass is 35.5. The van der Waals surface area contributed by atoms with Gasteiger partial charge < -0.3 is 10.6 Å². The normalized spacial score (nSPS) is 47.3. The lowest BCUT2D eigenvalue weighted by molar-refractivity contribution is -0.156. The van der Waals surface area contributed by atoms with Crippen LogP contribution in [0.4, 0.5) is 0 Å². The number of nitrogens with two attached hydrogens (primary N) is 1. The van der Waals surface area contributed by atoms with Crippen LogP contribution < -0.4 is 5.73 Å². The second kappa shape index (κ2) is 4.63. The molecule has 4 aliphatic carbocycles. The molecule has 0 aromatic heterocycles. The molecule has 0 aromatic carbocycles. The number of halogens is 1. The molecule has 0 aromatic rings. The Labute approximate surface area is 121 Å². The van der Waals surface area contributed by atoms with Crippen molar-refractivity contribution in [1.82, 2.24) is 4.90 Å². The number of carbonyl (C=O) groups excluding carboxylic acids is 1. The van der Waals surface area contributed by atoms with Gasteiger partial charge in [-0.1, -0.05) is 0 Å². The van der Waals surface area contributed by atoms with Gasteiger partial charge in [-0.25, -0.2) is 0 Å². The summed E-state index contributed by atoms with van der Waals surface area (Å²) in [5.74, 6) is 3.04. The molecule has 4 heteroatoms. The van der Waals surface area contributed by atoms with E-state index in [1.165, 1.54) is 38.5 Å². The number of carbonyl (C=O) groups is 1. The van der Waals surface area contributed by atoms with Crippen LogP contribution in [-0.2, 0) is 4.79 Å². The number of nitrogens with zero attached hydrogens (tertiary/aromatic N) is 1. The van der Waals surface area contributed by atoms with Gasteiger partial charge in [-0.2, -0.15) is 0 Å². The standard InChI is InChI=1S/C15H24N2O.ClH/c16-13-1-2-17(9-13)14(18)15-6-10-3-11(7-15)5-12(4-10)8-15;/h10-13H,1-9,16H2;1H/t10?,11?,12?,13-,15?;/m0./s1. The van der Waals surface area contributed by atoms with Gasteiger partial charge in [-0.3, -0.25) is 4.79 Å². The fraction of sp³-hybridized carbons (Fsp3) is 0.933. The van der Waals surface area contributed by atoms with Crippen LogP contribution in [0.15, 0.2) is 0 Å². The summed E-state index contributed by atoms with van der Waals surface area (Å²) in [5, 5.41) is 0. The van der Waals surface area contributed by atoms with Crippen molar-refractivity contribution in [3.8, 4) is 0 Å². The van der Waals surface area contributed by atoms with E-state index in [2.05, 4.69) is 4.90 Å². The number of hydrogen-bond donors (Lipinski definition) is 1. The molecule has 4 bridgehead atoms. The molecule has 3 nitrogen and oxygen atoms in total. The molecule has 4 saturated carbocycles. The van der Waals surface area contributed by atoms with Gasteiger partial charge >= 0.3 is 0 Å². The van der Waals surface area contributed by atoms with Crippen LogP contribution in [0.2, 0.25) is 0 Å². The Kier molecular flexibility index (Phi) is 3.33. The van der Waals surface area contributed by atoms with E-state index < -0.39 is 0 Å². The fourth-order valence-corrected chi connectivity index (χ4v) is 5.68. The van der Waals surface area contributed by atoms with Crippen LogP contribution in [0.5, 0.6) is 0 Å². The summed E-state index contributed by atoms with van der Waals surface area (Å²) in [6.07, 6.45) is 8.78. The molecule has 19 heavy (non-hydrogen) atoms.